The Morgan fingerprint density at radius 2 is 2.12 bits per heavy atom. The maximum absolute atomic E-state index is 5.41. The molecule has 0 bridgehead atoms. The number of nitrogens with zero attached hydrogens (tertiary/aromatic N) is 3. The van der Waals surface area contributed by atoms with Gasteiger partial charge in [0.15, 0.2) is 0 Å². The van der Waals surface area contributed by atoms with E-state index in [0.717, 1.165) is 47.3 Å². The number of hydrogen-bond donors (Lipinski definition) is 0. The van der Waals surface area contributed by atoms with Crippen molar-refractivity contribution in [1.29, 1.82) is 0 Å². The number of rotatable bonds is 1. The van der Waals surface area contributed by atoms with Gasteiger partial charge < -0.3 is 9.30 Å². The second-order valence-electron chi connectivity index (χ2n) is 4.43. The number of hydrogen-bond acceptors (Lipinski definition) is 3. The highest BCUT2D eigenvalue weighted by Gasteiger charge is 2.22. The molecule has 0 N–H and O–H groups in total. The SMILES string of the molecule is Cn1cc(Br)c2c(C3CCOCC3)ncnc21. The van der Waals surface area contributed by atoms with Crippen LogP contribution in [0.3, 0.4) is 0 Å². The molecule has 17 heavy (non-hydrogen) atoms. The number of aromatic nitrogens is 3. The summed E-state index contributed by atoms with van der Waals surface area (Å²) in [4.78, 5) is 8.84. The van der Waals surface area contributed by atoms with E-state index in [0.29, 0.717) is 5.92 Å². The number of fused-ring (bicyclic) bond motifs is 1. The lowest BCUT2D eigenvalue weighted by Gasteiger charge is -2.22. The fourth-order valence-corrected chi connectivity index (χ4v) is 3.15. The van der Waals surface area contributed by atoms with Gasteiger partial charge in [-0.1, -0.05) is 0 Å². The summed E-state index contributed by atoms with van der Waals surface area (Å²) in [6, 6.07) is 0. The highest BCUT2D eigenvalue weighted by molar-refractivity contribution is 9.10. The van der Waals surface area contributed by atoms with Crippen molar-refractivity contribution in [2.45, 2.75) is 18.8 Å². The molecule has 0 aliphatic carbocycles. The fourth-order valence-electron chi connectivity index (χ4n) is 2.46. The van der Waals surface area contributed by atoms with Gasteiger partial charge in [-0.3, -0.25) is 0 Å². The van der Waals surface area contributed by atoms with Crippen LogP contribution in [0.25, 0.3) is 11.0 Å². The minimum absolute atomic E-state index is 0.493. The molecular formula is C12H14BrN3O. The Bertz CT molecular complexity index is 546. The van der Waals surface area contributed by atoms with E-state index in [1.54, 1.807) is 6.33 Å². The Balaban J connectivity index is 2.15. The van der Waals surface area contributed by atoms with Gasteiger partial charge in [-0.05, 0) is 28.8 Å². The number of aryl methyl sites for hydroxylation is 1. The lowest BCUT2D eigenvalue weighted by molar-refractivity contribution is 0.0848. The summed E-state index contributed by atoms with van der Waals surface area (Å²) in [5.74, 6) is 0.493. The number of ether oxygens (including phenoxy) is 1. The minimum Gasteiger partial charge on any atom is -0.381 e. The summed E-state index contributed by atoms with van der Waals surface area (Å²) in [5.41, 5.74) is 2.15. The van der Waals surface area contributed by atoms with Crippen molar-refractivity contribution in [2.24, 2.45) is 7.05 Å². The largest absolute Gasteiger partial charge is 0.381 e. The fraction of sp³-hybridized carbons (Fsp3) is 0.500. The van der Waals surface area contributed by atoms with E-state index in [1.807, 2.05) is 17.8 Å². The monoisotopic (exact) mass is 295 g/mol. The second kappa shape index (κ2) is 4.38. The predicted octanol–water partition coefficient (Wildman–Crippen LogP) is 2.62. The summed E-state index contributed by atoms with van der Waals surface area (Å²) in [7, 11) is 2.01. The van der Waals surface area contributed by atoms with Crippen LogP contribution in [0, 0.1) is 0 Å². The van der Waals surface area contributed by atoms with Crippen LogP contribution in [0.2, 0.25) is 0 Å². The molecule has 1 aliphatic heterocycles. The summed E-state index contributed by atoms with van der Waals surface area (Å²) in [5, 5.41) is 1.15. The number of halogens is 1. The Hall–Kier alpha value is -0.940. The van der Waals surface area contributed by atoms with Gasteiger partial charge in [0, 0.05) is 36.8 Å². The average molecular weight is 296 g/mol. The molecule has 2 aromatic rings. The van der Waals surface area contributed by atoms with E-state index in [-0.39, 0.29) is 0 Å². The van der Waals surface area contributed by atoms with Gasteiger partial charge in [0.2, 0.25) is 0 Å². The van der Waals surface area contributed by atoms with E-state index < -0.39 is 0 Å². The summed E-state index contributed by atoms with van der Waals surface area (Å²) >= 11 is 3.60. The molecule has 0 amide bonds. The topological polar surface area (TPSA) is 39.9 Å². The zero-order chi connectivity index (χ0) is 11.8. The van der Waals surface area contributed by atoms with Crippen molar-refractivity contribution < 1.29 is 4.74 Å². The van der Waals surface area contributed by atoms with Crippen LogP contribution >= 0.6 is 15.9 Å². The molecule has 4 nitrogen and oxygen atoms in total. The van der Waals surface area contributed by atoms with Crippen LogP contribution in [-0.4, -0.2) is 27.7 Å². The summed E-state index contributed by atoms with van der Waals surface area (Å²) in [6.07, 6.45) is 5.81. The maximum Gasteiger partial charge on any atom is 0.144 e. The van der Waals surface area contributed by atoms with Gasteiger partial charge in [-0.25, -0.2) is 9.97 Å². The van der Waals surface area contributed by atoms with Gasteiger partial charge in [0.1, 0.15) is 12.0 Å². The Kier molecular flexibility index (Phi) is 2.88. The molecule has 0 radical (unpaired) electrons. The normalized spacial score (nSPS) is 17.8. The molecule has 1 saturated heterocycles. The third-order valence-corrected chi connectivity index (χ3v) is 3.95. The highest BCUT2D eigenvalue weighted by atomic mass is 79.9. The van der Waals surface area contributed by atoms with Crippen LogP contribution in [0.5, 0.6) is 0 Å². The molecule has 0 aromatic carbocycles. The first-order chi connectivity index (χ1) is 8.27. The maximum atomic E-state index is 5.41. The minimum atomic E-state index is 0.493. The quantitative estimate of drug-likeness (QED) is 0.812. The zero-order valence-electron chi connectivity index (χ0n) is 9.69. The molecule has 3 rings (SSSR count). The van der Waals surface area contributed by atoms with Gasteiger partial charge in [0.05, 0.1) is 11.1 Å². The molecule has 1 aliphatic rings. The predicted molar refractivity (Wildman–Crippen MR) is 69.0 cm³/mol. The molecule has 0 spiro atoms. The molecule has 1 fully saturated rings. The standard InChI is InChI=1S/C12H14BrN3O/c1-16-6-9(13)10-11(14-7-15-12(10)16)8-2-4-17-5-3-8/h6-8H,2-5H2,1H3. The molecule has 5 heteroatoms. The summed E-state index contributed by atoms with van der Waals surface area (Å²) in [6.45, 7) is 1.67. The van der Waals surface area contributed by atoms with Crippen LogP contribution in [-0.2, 0) is 11.8 Å². The molecule has 3 heterocycles. The zero-order valence-corrected chi connectivity index (χ0v) is 11.3. The highest BCUT2D eigenvalue weighted by Crippen LogP contribution is 2.34. The van der Waals surface area contributed by atoms with E-state index in [9.17, 15) is 0 Å². The molecular weight excluding hydrogens is 282 g/mol. The van der Waals surface area contributed by atoms with Crippen molar-refractivity contribution in [3.05, 3.63) is 22.7 Å². The lowest BCUT2D eigenvalue weighted by atomic mass is 9.94. The van der Waals surface area contributed by atoms with Gasteiger partial charge in [-0.15, -0.1) is 0 Å². The van der Waals surface area contributed by atoms with Gasteiger partial charge in [-0.2, -0.15) is 0 Å². The van der Waals surface area contributed by atoms with Crippen molar-refractivity contribution in [3.8, 4) is 0 Å². The van der Waals surface area contributed by atoms with Crippen LogP contribution in [0.4, 0.5) is 0 Å². The van der Waals surface area contributed by atoms with Crippen LogP contribution in [0.1, 0.15) is 24.5 Å². The Morgan fingerprint density at radius 1 is 1.35 bits per heavy atom. The first-order valence-electron chi connectivity index (χ1n) is 5.80. The van der Waals surface area contributed by atoms with E-state index >= 15 is 0 Å². The average Bonchev–Trinajstić information content (AvgIpc) is 2.66. The van der Waals surface area contributed by atoms with Crippen molar-refractivity contribution >= 4 is 27.0 Å². The van der Waals surface area contributed by atoms with Crippen LogP contribution in [0.15, 0.2) is 17.0 Å². The lowest BCUT2D eigenvalue weighted by Crippen LogP contribution is -2.15. The Morgan fingerprint density at radius 3 is 2.88 bits per heavy atom. The molecule has 0 unspecified atom stereocenters. The third kappa shape index (κ3) is 1.87. The van der Waals surface area contributed by atoms with E-state index in [2.05, 4.69) is 25.9 Å². The molecule has 0 atom stereocenters. The van der Waals surface area contributed by atoms with Crippen LogP contribution < -0.4 is 0 Å². The van der Waals surface area contributed by atoms with E-state index in [1.165, 1.54) is 0 Å². The molecule has 2 aromatic heterocycles. The van der Waals surface area contributed by atoms with Crippen molar-refractivity contribution in [3.63, 3.8) is 0 Å². The van der Waals surface area contributed by atoms with Crippen molar-refractivity contribution in [1.82, 2.24) is 14.5 Å². The summed E-state index contributed by atoms with van der Waals surface area (Å²) < 4.78 is 8.52. The molecule has 90 valence electrons. The first kappa shape index (κ1) is 11.2. The van der Waals surface area contributed by atoms with Gasteiger partial charge >= 0.3 is 0 Å². The first-order valence-corrected chi connectivity index (χ1v) is 6.60. The van der Waals surface area contributed by atoms with Gasteiger partial charge in [0.25, 0.3) is 0 Å². The second-order valence-corrected chi connectivity index (χ2v) is 5.29. The molecule has 0 saturated carbocycles. The van der Waals surface area contributed by atoms with E-state index in [4.69, 9.17) is 4.74 Å². The smallest absolute Gasteiger partial charge is 0.144 e. The third-order valence-electron chi connectivity index (χ3n) is 3.34. The van der Waals surface area contributed by atoms with Crippen molar-refractivity contribution in [2.75, 3.05) is 13.2 Å². The Labute approximate surface area is 108 Å².